The van der Waals surface area contributed by atoms with Crippen molar-refractivity contribution < 1.29 is 9.15 Å². The maximum Gasteiger partial charge on any atom is 0.129 e. The Hall–Kier alpha value is -0.840. The molecule has 1 aliphatic carbocycles. The maximum atomic E-state index is 5.65. The molecule has 1 aliphatic rings. The molecule has 4 nitrogen and oxygen atoms in total. The van der Waals surface area contributed by atoms with Gasteiger partial charge in [-0.15, -0.1) is 0 Å². The third-order valence-electron chi connectivity index (χ3n) is 3.57. The van der Waals surface area contributed by atoms with Crippen molar-refractivity contribution in [2.45, 2.75) is 45.9 Å². The lowest BCUT2D eigenvalue weighted by Crippen LogP contribution is -2.26. The number of hydrogen-bond acceptors (Lipinski definition) is 4. The van der Waals surface area contributed by atoms with E-state index < -0.39 is 0 Å². The van der Waals surface area contributed by atoms with Crippen LogP contribution in [0.25, 0.3) is 0 Å². The van der Waals surface area contributed by atoms with Crippen LogP contribution in [0.5, 0.6) is 0 Å². The van der Waals surface area contributed by atoms with Gasteiger partial charge in [-0.2, -0.15) is 0 Å². The summed E-state index contributed by atoms with van der Waals surface area (Å²) in [6, 6.07) is 2.83. The molecule has 0 aromatic carbocycles. The Morgan fingerprint density at radius 1 is 1.37 bits per heavy atom. The van der Waals surface area contributed by atoms with Crippen molar-refractivity contribution in [2.75, 3.05) is 26.2 Å². The molecule has 1 saturated carbocycles. The summed E-state index contributed by atoms with van der Waals surface area (Å²) in [5, 5.41) is 3.48. The van der Waals surface area contributed by atoms with Gasteiger partial charge in [0.15, 0.2) is 0 Å². The molecule has 0 unspecified atom stereocenters. The Bertz CT molecular complexity index is 357. The molecule has 1 aromatic heterocycles. The second-order valence-electron chi connectivity index (χ2n) is 5.16. The highest BCUT2D eigenvalue weighted by Crippen LogP contribution is 2.19. The van der Waals surface area contributed by atoms with Crippen LogP contribution in [-0.2, 0) is 17.9 Å². The van der Waals surface area contributed by atoms with Gasteiger partial charge in [0.05, 0.1) is 12.9 Å². The molecule has 0 radical (unpaired) electrons. The van der Waals surface area contributed by atoms with Crippen LogP contribution in [0.2, 0.25) is 0 Å². The summed E-state index contributed by atoms with van der Waals surface area (Å²) in [6.45, 7) is 9.75. The summed E-state index contributed by atoms with van der Waals surface area (Å²) in [7, 11) is 0. The number of nitrogens with zero attached hydrogens (tertiary/aromatic N) is 1. The summed E-state index contributed by atoms with van der Waals surface area (Å²) >= 11 is 0. The number of ether oxygens (including phenoxy) is 1. The van der Waals surface area contributed by atoms with E-state index in [4.69, 9.17) is 9.15 Å². The molecule has 0 aliphatic heterocycles. The Morgan fingerprint density at radius 3 is 2.84 bits per heavy atom. The van der Waals surface area contributed by atoms with Crippen molar-refractivity contribution in [2.24, 2.45) is 0 Å². The second-order valence-corrected chi connectivity index (χ2v) is 5.16. The Balaban J connectivity index is 1.59. The molecule has 0 saturated heterocycles. The highest BCUT2D eigenvalue weighted by molar-refractivity contribution is 5.12. The monoisotopic (exact) mass is 266 g/mol. The van der Waals surface area contributed by atoms with E-state index in [0.29, 0.717) is 6.61 Å². The lowest BCUT2D eigenvalue weighted by molar-refractivity contribution is 0.0844. The van der Waals surface area contributed by atoms with Gasteiger partial charge < -0.3 is 19.4 Å². The molecule has 0 bridgehead atoms. The van der Waals surface area contributed by atoms with Gasteiger partial charge >= 0.3 is 0 Å². The number of likely N-dealkylation sites (N-methyl/N-ethyl adjacent to an activating group) is 1. The van der Waals surface area contributed by atoms with Gasteiger partial charge in [-0.3, -0.25) is 0 Å². The predicted molar refractivity (Wildman–Crippen MR) is 76.0 cm³/mol. The Labute approximate surface area is 116 Å². The van der Waals surface area contributed by atoms with E-state index in [1.54, 1.807) is 0 Å². The number of furan rings is 1. The fraction of sp³-hybridized carbons (Fsp3) is 0.733. The first-order valence-corrected chi connectivity index (χ1v) is 7.41. The lowest BCUT2D eigenvalue weighted by Gasteiger charge is -2.17. The van der Waals surface area contributed by atoms with Gasteiger partial charge in [0.25, 0.3) is 0 Å². The fourth-order valence-corrected chi connectivity index (χ4v) is 2.05. The Kier molecular flexibility index (Phi) is 5.89. The molecule has 0 atom stereocenters. The minimum absolute atomic E-state index is 0.574. The Morgan fingerprint density at radius 2 is 2.16 bits per heavy atom. The van der Waals surface area contributed by atoms with Crippen molar-refractivity contribution >= 4 is 0 Å². The highest BCUT2D eigenvalue weighted by atomic mass is 16.5. The number of rotatable bonds is 10. The molecule has 1 fully saturated rings. The van der Waals surface area contributed by atoms with E-state index in [2.05, 4.69) is 30.1 Å². The summed E-state index contributed by atoms with van der Waals surface area (Å²) in [6.07, 6.45) is 4.47. The van der Waals surface area contributed by atoms with Crippen LogP contribution >= 0.6 is 0 Å². The van der Waals surface area contributed by atoms with Crippen molar-refractivity contribution in [3.05, 3.63) is 23.7 Å². The van der Waals surface area contributed by atoms with Crippen LogP contribution in [0.3, 0.4) is 0 Å². The van der Waals surface area contributed by atoms with Gasteiger partial charge in [-0.1, -0.05) is 13.8 Å². The van der Waals surface area contributed by atoms with Crippen LogP contribution in [0, 0.1) is 0 Å². The summed E-state index contributed by atoms with van der Waals surface area (Å²) in [5.74, 6) is 0.923. The fourth-order valence-electron chi connectivity index (χ4n) is 2.05. The van der Waals surface area contributed by atoms with Crippen LogP contribution in [0.1, 0.15) is 38.0 Å². The molecule has 0 amide bonds. The van der Waals surface area contributed by atoms with Gasteiger partial charge in [0.2, 0.25) is 0 Å². The third kappa shape index (κ3) is 5.35. The van der Waals surface area contributed by atoms with Crippen LogP contribution in [0.15, 0.2) is 16.7 Å². The minimum Gasteiger partial charge on any atom is -0.467 e. The largest absolute Gasteiger partial charge is 0.467 e. The average Bonchev–Trinajstić information content (AvgIpc) is 3.16. The molecular weight excluding hydrogens is 240 g/mol. The maximum absolute atomic E-state index is 5.65. The predicted octanol–water partition coefficient (Wildman–Crippen LogP) is 2.39. The molecule has 0 spiro atoms. The second kappa shape index (κ2) is 7.68. The van der Waals surface area contributed by atoms with Gasteiger partial charge in [-0.05, 0) is 32.0 Å². The topological polar surface area (TPSA) is 37.6 Å². The zero-order chi connectivity index (χ0) is 13.5. The van der Waals surface area contributed by atoms with Crippen molar-refractivity contribution in [1.29, 1.82) is 0 Å². The van der Waals surface area contributed by atoms with Crippen LogP contribution in [-0.4, -0.2) is 37.2 Å². The quantitative estimate of drug-likeness (QED) is 0.660. The van der Waals surface area contributed by atoms with Gasteiger partial charge in [-0.25, -0.2) is 0 Å². The van der Waals surface area contributed by atoms with E-state index in [-0.39, 0.29) is 0 Å². The zero-order valence-corrected chi connectivity index (χ0v) is 12.2. The van der Waals surface area contributed by atoms with Crippen LogP contribution in [0.4, 0.5) is 0 Å². The van der Waals surface area contributed by atoms with Gasteiger partial charge in [0.1, 0.15) is 12.4 Å². The normalized spacial score (nSPS) is 15.3. The first-order valence-electron chi connectivity index (χ1n) is 7.41. The van der Waals surface area contributed by atoms with Crippen LogP contribution < -0.4 is 5.32 Å². The highest BCUT2D eigenvalue weighted by Gasteiger charge is 2.20. The first-order chi connectivity index (χ1) is 9.31. The molecule has 19 heavy (non-hydrogen) atoms. The minimum atomic E-state index is 0.574. The molecule has 1 heterocycles. The lowest BCUT2D eigenvalue weighted by atomic mass is 10.3. The molecule has 1 N–H and O–H groups in total. The molecule has 2 rings (SSSR count). The first kappa shape index (κ1) is 14.6. The third-order valence-corrected chi connectivity index (χ3v) is 3.57. The number of nitrogens with one attached hydrogen (secondary N) is 1. The average molecular weight is 266 g/mol. The number of hydrogen-bond donors (Lipinski definition) is 1. The summed E-state index contributed by atoms with van der Waals surface area (Å²) in [4.78, 5) is 2.35. The molecule has 4 heteroatoms. The van der Waals surface area contributed by atoms with E-state index in [1.807, 2.05) is 6.26 Å². The smallest absolute Gasteiger partial charge is 0.129 e. The van der Waals surface area contributed by atoms with E-state index in [9.17, 15) is 0 Å². The van der Waals surface area contributed by atoms with Gasteiger partial charge in [0, 0.05) is 24.7 Å². The van der Waals surface area contributed by atoms with Crippen molar-refractivity contribution in [1.82, 2.24) is 10.2 Å². The summed E-state index contributed by atoms with van der Waals surface area (Å²) in [5.41, 5.74) is 1.22. The molecular formula is C15H26N2O2. The summed E-state index contributed by atoms with van der Waals surface area (Å²) < 4.78 is 11.1. The van der Waals surface area contributed by atoms with E-state index in [1.165, 1.54) is 18.4 Å². The zero-order valence-electron chi connectivity index (χ0n) is 12.2. The standard InChI is InChI=1S/C15H26N2O2/c1-3-17(4-2)7-8-18-12-15-9-13(11-19-15)10-16-14-5-6-14/h9,11,14,16H,3-8,10,12H2,1-2H3. The van der Waals surface area contributed by atoms with Crippen molar-refractivity contribution in [3.8, 4) is 0 Å². The van der Waals surface area contributed by atoms with E-state index in [0.717, 1.165) is 44.6 Å². The molecule has 1 aromatic rings. The molecule has 108 valence electrons. The SMILES string of the molecule is CCN(CC)CCOCc1cc(CNC2CC2)co1. The van der Waals surface area contributed by atoms with Crippen molar-refractivity contribution in [3.63, 3.8) is 0 Å². The van der Waals surface area contributed by atoms with E-state index >= 15 is 0 Å².